The van der Waals surface area contributed by atoms with E-state index in [0.29, 0.717) is 23.3 Å². The lowest BCUT2D eigenvalue weighted by molar-refractivity contribution is -0.383. The monoisotopic (exact) mass is 380 g/mol. The van der Waals surface area contributed by atoms with Crippen molar-refractivity contribution in [3.8, 4) is 5.75 Å². The quantitative estimate of drug-likeness (QED) is 0.312. The Morgan fingerprint density at radius 3 is 2.59 bits per heavy atom. The van der Waals surface area contributed by atoms with E-state index in [1.807, 2.05) is 30.3 Å². The number of ether oxygens (including phenoxy) is 1. The second-order valence-corrected chi connectivity index (χ2v) is 6.42. The Bertz CT molecular complexity index is 1240. The molecule has 1 aromatic heterocycles. The van der Waals surface area contributed by atoms with E-state index in [1.54, 1.807) is 18.2 Å². The molecule has 0 amide bonds. The van der Waals surface area contributed by atoms with Crippen LogP contribution in [0.3, 0.4) is 0 Å². The molecule has 1 heterocycles. The molecule has 0 aliphatic rings. The minimum absolute atomic E-state index is 0.0959. The van der Waals surface area contributed by atoms with Crippen molar-refractivity contribution < 1.29 is 9.66 Å². The highest BCUT2D eigenvalue weighted by atomic mass is 35.5. The molecule has 4 rings (SSSR count). The van der Waals surface area contributed by atoms with Gasteiger partial charge < -0.3 is 9.72 Å². The highest BCUT2D eigenvalue weighted by molar-refractivity contribution is 6.36. The van der Waals surface area contributed by atoms with Gasteiger partial charge in [-0.15, -0.1) is 0 Å². The summed E-state index contributed by atoms with van der Waals surface area (Å²) in [5.74, 6) is 0.526. The zero-order valence-corrected chi connectivity index (χ0v) is 14.7. The highest BCUT2D eigenvalue weighted by Crippen LogP contribution is 2.30. The van der Waals surface area contributed by atoms with Crippen molar-refractivity contribution in [3.63, 3.8) is 0 Å². The van der Waals surface area contributed by atoms with Crippen LogP contribution in [0, 0.1) is 10.1 Å². The van der Waals surface area contributed by atoms with Gasteiger partial charge in [-0.25, -0.2) is 0 Å². The maximum atomic E-state index is 12.9. The van der Waals surface area contributed by atoms with Gasteiger partial charge in [0.1, 0.15) is 17.9 Å². The first-order valence-corrected chi connectivity index (χ1v) is 8.52. The van der Waals surface area contributed by atoms with E-state index in [0.717, 1.165) is 5.56 Å². The van der Waals surface area contributed by atoms with Crippen LogP contribution >= 0.6 is 11.6 Å². The largest absolute Gasteiger partial charge is 0.489 e. The van der Waals surface area contributed by atoms with Gasteiger partial charge in [0, 0.05) is 11.5 Å². The number of rotatable bonds is 4. The molecule has 0 saturated heterocycles. The Labute approximate surface area is 158 Å². The van der Waals surface area contributed by atoms with Gasteiger partial charge in [0.15, 0.2) is 5.43 Å². The van der Waals surface area contributed by atoms with E-state index >= 15 is 0 Å². The summed E-state index contributed by atoms with van der Waals surface area (Å²) in [6.45, 7) is 0.365. The highest BCUT2D eigenvalue weighted by Gasteiger charge is 2.18. The summed E-state index contributed by atoms with van der Waals surface area (Å²) in [7, 11) is 0. The number of fused-ring (bicyclic) bond motifs is 2. The van der Waals surface area contributed by atoms with E-state index in [1.165, 1.54) is 12.1 Å². The molecule has 6 nitrogen and oxygen atoms in total. The molecule has 0 fully saturated rings. The van der Waals surface area contributed by atoms with Crippen LogP contribution in [0.5, 0.6) is 5.75 Å². The predicted octanol–water partition coefficient (Wildman–Crippen LogP) is 4.82. The van der Waals surface area contributed by atoms with Crippen LogP contribution in [0.1, 0.15) is 5.56 Å². The number of hydrogen-bond acceptors (Lipinski definition) is 4. The normalized spacial score (nSPS) is 11.0. The van der Waals surface area contributed by atoms with Crippen LogP contribution in [0.15, 0.2) is 65.5 Å². The first kappa shape index (κ1) is 17.1. The number of aromatic nitrogens is 1. The summed E-state index contributed by atoms with van der Waals surface area (Å²) in [5.41, 5.74) is 1.02. The third-order valence-corrected chi connectivity index (χ3v) is 4.61. The molecular formula is C20H13ClN2O4. The van der Waals surface area contributed by atoms with Gasteiger partial charge in [0.2, 0.25) is 0 Å². The molecule has 0 aliphatic carbocycles. The van der Waals surface area contributed by atoms with E-state index < -0.39 is 4.92 Å². The minimum Gasteiger partial charge on any atom is -0.489 e. The number of non-ortho nitro benzene ring substituents is 1. The van der Waals surface area contributed by atoms with Gasteiger partial charge >= 0.3 is 0 Å². The van der Waals surface area contributed by atoms with Gasteiger partial charge in [-0.2, -0.15) is 0 Å². The number of nitro groups is 1. The summed E-state index contributed by atoms with van der Waals surface area (Å²) in [6, 6.07) is 17.3. The lowest BCUT2D eigenvalue weighted by atomic mass is 10.1. The summed E-state index contributed by atoms with van der Waals surface area (Å²) >= 11 is 6.15. The van der Waals surface area contributed by atoms with Crippen LogP contribution < -0.4 is 10.2 Å². The maximum absolute atomic E-state index is 12.9. The molecule has 0 unspecified atom stereocenters. The zero-order valence-electron chi connectivity index (χ0n) is 13.9. The van der Waals surface area contributed by atoms with Crippen molar-refractivity contribution in [2.24, 2.45) is 0 Å². The predicted molar refractivity (Wildman–Crippen MR) is 105 cm³/mol. The second kappa shape index (κ2) is 6.74. The Morgan fingerprint density at radius 1 is 1.07 bits per heavy atom. The molecule has 0 radical (unpaired) electrons. The Balaban J connectivity index is 1.83. The van der Waals surface area contributed by atoms with Crippen LogP contribution in [-0.2, 0) is 6.61 Å². The molecule has 1 N–H and O–H groups in total. The lowest BCUT2D eigenvalue weighted by Crippen LogP contribution is -2.07. The van der Waals surface area contributed by atoms with Crippen molar-refractivity contribution >= 4 is 39.1 Å². The summed E-state index contributed by atoms with van der Waals surface area (Å²) in [5, 5.41) is 11.9. The molecule has 0 spiro atoms. The first-order valence-electron chi connectivity index (χ1n) is 8.14. The van der Waals surface area contributed by atoms with Crippen LogP contribution in [-0.4, -0.2) is 9.91 Å². The second-order valence-electron chi connectivity index (χ2n) is 6.01. The number of nitrogens with zero attached hydrogens (tertiary/aromatic N) is 1. The Hall–Kier alpha value is -3.38. The van der Waals surface area contributed by atoms with Gasteiger partial charge in [-0.05, 0) is 29.8 Å². The van der Waals surface area contributed by atoms with Crippen LogP contribution in [0.4, 0.5) is 5.69 Å². The van der Waals surface area contributed by atoms with Crippen molar-refractivity contribution in [2.75, 3.05) is 0 Å². The molecule has 0 atom stereocenters. The number of halogens is 1. The molecule has 0 saturated carbocycles. The number of H-pyrrole nitrogens is 1. The number of benzene rings is 3. The first-order chi connectivity index (χ1) is 13.0. The molecule has 0 aliphatic heterocycles. The lowest BCUT2D eigenvalue weighted by Gasteiger charge is -2.09. The van der Waals surface area contributed by atoms with Gasteiger partial charge in [0.05, 0.1) is 20.8 Å². The van der Waals surface area contributed by atoms with Crippen molar-refractivity contribution in [3.05, 3.63) is 91.6 Å². The van der Waals surface area contributed by atoms with Gasteiger partial charge in [-0.1, -0.05) is 41.9 Å². The standard InChI is InChI=1S/C20H13ClN2O4/c21-15-7-9-17(23(25)26)19-18(15)20(24)14-10-13(6-8-16(14)22-19)27-11-12-4-2-1-3-5-12/h1-10H,11H2,(H,22,24). The molecule has 27 heavy (non-hydrogen) atoms. The number of pyridine rings is 1. The van der Waals surface area contributed by atoms with Crippen molar-refractivity contribution in [1.29, 1.82) is 0 Å². The zero-order chi connectivity index (χ0) is 19.0. The van der Waals surface area contributed by atoms with E-state index in [9.17, 15) is 14.9 Å². The molecule has 7 heteroatoms. The molecule has 3 aromatic carbocycles. The smallest absolute Gasteiger partial charge is 0.293 e. The number of hydrogen-bond donors (Lipinski definition) is 1. The minimum atomic E-state index is -0.544. The Morgan fingerprint density at radius 2 is 1.85 bits per heavy atom. The fraction of sp³-hybridized carbons (Fsp3) is 0.0500. The maximum Gasteiger partial charge on any atom is 0.293 e. The van der Waals surface area contributed by atoms with Crippen LogP contribution in [0.25, 0.3) is 21.8 Å². The number of nitrogens with one attached hydrogen (secondary N) is 1. The van der Waals surface area contributed by atoms with Crippen molar-refractivity contribution in [2.45, 2.75) is 6.61 Å². The summed E-state index contributed by atoms with van der Waals surface area (Å²) in [4.78, 5) is 26.6. The molecular weight excluding hydrogens is 368 g/mol. The van der Waals surface area contributed by atoms with Gasteiger partial charge in [0.25, 0.3) is 5.69 Å². The summed E-state index contributed by atoms with van der Waals surface area (Å²) in [6.07, 6.45) is 0. The van der Waals surface area contributed by atoms with E-state index in [2.05, 4.69) is 4.98 Å². The Kier molecular flexibility index (Phi) is 4.25. The third-order valence-electron chi connectivity index (χ3n) is 4.30. The van der Waals surface area contributed by atoms with Crippen LogP contribution in [0.2, 0.25) is 5.02 Å². The fourth-order valence-corrected chi connectivity index (χ4v) is 3.23. The van der Waals surface area contributed by atoms with Gasteiger partial charge in [-0.3, -0.25) is 14.9 Å². The van der Waals surface area contributed by atoms with E-state index in [-0.39, 0.29) is 27.0 Å². The summed E-state index contributed by atoms with van der Waals surface area (Å²) < 4.78 is 5.77. The van der Waals surface area contributed by atoms with E-state index in [4.69, 9.17) is 16.3 Å². The average Bonchev–Trinajstić information content (AvgIpc) is 2.67. The number of nitro benzene ring substituents is 1. The molecule has 0 bridgehead atoms. The number of aromatic amines is 1. The molecule has 134 valence electrons. The van der Waals surface area contributed by atoms with Crippen molar-refractivity contribution in [1.82, 2.24) is 4.98 Å². The third kappa shape index (κ3) is 3.11. The SMILES string of the molecule is O=c1c2cc(OCc3ccccc3)ccc2[nH]c2c([N+](=O)[O-])ccc(Cl)c12. The fourth-order valence-electron chi connectivity index (χ4n) is 2.99. The average molecular weight is 381 g/mol. The topological polar surface area (TPSA) is 85.2 Å². The molecule has 4 aromatic rings.